The van der Waals surface area contributed by atoms with Gasteiger partial charge in [0.15, 0.2) is 0 Å². The molecule has 0 saturated carbocycles. The van der Waals surface area contributed by atoms with Gasteiger partial charge >= 0.3 is 0 Å². The van der Waals surface area contributed by atoms with Gasteiger partial charge < -0.3 is 10.3 Å². The molecule has 0 spiro atoms. The van der Waals surface area contributed by atoms with Gasteiger partial charge in [-0.3, -0.25) is 4.79 Å². The Morgan fingerprint density at radius 1 is 1.30 bits per heavy atom. The number of rotatable bonds is 5. The van der Waals surface area contributed by atoms with E-state index in [9.17, 15) is 4.79 Å². The van der Waals surface area contributed by atoms with E-state index in [1.54, 1.807) is 0 Å². The van der Waals surface area contributed by atoms with Crippen molar-refractivity contribution in [1.29, 1.82) is 0 Å². The summed E-state index contributed by atoms with van der Waals surface area (Å²) in [6.45, 7) is 8.07. The molecular weight excluding hydrogens is 250 g/mol. The van der Waals surface area contributed by atoms with Crippen molar-refractivity contribution in [1.82, 2.24) is 15.3 Å². The fraction of sp³-hybridized carbons (Fsp3) is 0.500. The van der Waals surface area contributed by atoms with Crippen LogP contribution in [0.1, 0.15) is 46.0 Å². The maximum atomic E-state index is 12.0. The molecule has 2 N–H and O–H groups in total. The summed E-state index contributed by atoms with van der Waals surface area (Å²) < 4.78 is 0. The Morgan fingerprint density at radius 2 is 2.00 bits per heavy atom. The molecule has 0 aliphatic rings. The lowest BCUT2D eigenvalue weighted by atomic mass is 9.98. The van der Waals surface area contributed by atoms with Crippen molar-refractivity contribution < 1.29 is 4.79 Å². The Labute approximate surface area is 120 Å². The summed E-state index contributed by atoms with van der Waals surface area (Å²) in [5.41, 5.74) is 1.95. The fourth-order valence-corrected chi connectivity index (χ4v) is 2.16. The van der Waals surface area contributed by atoms with Crippen molar-refractivity contribution >= 4 is 16.9 Å². The van der Waals surface area contributed by atoms with Crippen LogP contribution in [0.25, 0.3) is 11.0 Å². The van der Waals surface area contributed by atoms with Gasteiger partial charge in [-0.1, -0.05) is 46.2 Å². The zero-order chi connectivity index (χ0) is 14.7. The number of hydrogen-bond donors (Lipinski definition) is 2. The zero-order valence-corrected chi connectivity index (χ0v) is 12.6. The van der Waals surface area contributed by atoms with E-state index >= 15 is 0 Å². The third-order valence-corrected chi connectivity index (χ3v) is 3.74. The van der Waals surface area contributed by atoms with Crippen LogP contribution in [0.4, 0.5) is 0 Å². The molecule has 0 fully saturated rings. The topological polar surface area (TPSA) is 57.8 Å². The number of aromatic amines is 1. The predicted molar refractivity (Wildman–Crippen MR) is 81.3 cm³/mol. The minimum Gasteiger partial charge on any atom is -0.346 e. The first-order valence-corrected chi connectivity index (χ1v) is 7.28. The minimum absolute atomic E-state index is 0.0223. The van der Waals surface area contributed by atoms with Gasteiger partial charge in [0, 0.05) is 5.92 Å². The van der Waals surface area contributed by atoms with E-state index in [0.29, 0.717) is 5.92 Å². The van der Waals surface area contributed by atoms with E-state index in [0.717, 1.165) is 23.3 Å². The van der Waals surface area contributed by atoms with Gasteiger partial charge in [-0.05, 0) is 18.1 Å². The van der Waals surface area contributed by atoms with Gasteiger partial charge in [0.1, 0.15) is 5.82 Å². The van der Waals surface area contributed by atoms with Crippen molar-refractivity contribution in [2.24, 2.45) is 11.8 Å². The van der Waals surface area contributed by atoms with E-state index in [-0.39, 0.29) is 17.9 Å². The molecule has 0 saturated heterocycles. The second kappa shape index (κ2) is 6.07. The summed E-state index contributed by atoms with van der Waals surface area (Å²) in [6.07, 6.45) is 0.986. The number of fused-ring (bicyclic) bond motifs is 1. The number of carbonyl (C=O) groups excluding carboxylic acids is 1. The minimum atomic E-state index is -0.0673. The highest BCUT2D eigenvalue weighted by molar-refractivity contribution is 5.79. The average molecular weight is 273 g/mol. The average Bonchev–Trinajstić information content (AvgIpc) is 2.86. The Balaban J connectivity index is 2.32. The first kappa shape index (κ1) is 14.6. The molecule has 1 aromatic heterocycles. The van der Waals surface area contributed by atoms with Crippen molar-refractivity contribution in [3.05, 3.63) is 30.1 Å². The lowest BCUT2D eigenvalue weighted by Gasteiger charge is -2.23. The van der Waals surface area contributed by atoms with Crippen LogP contribution >= 0.6 is 0 Å². The van der Waals surface area contributed by atoms with Crippen molar-refractivity contribution in [2.45, 2.75) is 40.2 Å². The van der Waals surface area contributed by atoms with Crippen LogP contribution in [0.2, 0.25) is 0 Å². The van der Waals surface area contributed by atoms with Crippen LogP contribution in [-0.2, 0) is 4.79 Å². The molecule has 2 aromatic rings. The van der Waals surface area contributed by atoms with Gasteiger partial charge in [0.2, 0.25) is 5.91 Å². The quantitative estimate of drug-likeness (QED) is 0.877. The molecule has 2 rings (SSSR count). The van der Waals surface area contributed by atoms with Gasteiger partial charge in [-0.2, -0.15) is 0 Å². The molecule has 0 radical (unpaired) electrons. The zero-order valence-electron chi connectivity index (χ0n) is 12.6. The highest BCUT2D eigenvalue weighted by Crippen LogP contribution is 2.24. The molecule has 1 amide bonds. The van der Waals surface area contributed by atoms with Crippen LogP contribution < -0.4 is 5.32 Å². The van der Waals surface area contributed by atoms with E-state index in [1.165, 1.54) is 0 Å². The first-order valence-electron chi connectivity index (χ1n) is 7.28. The Kier molecular flexibility index (Phi) is 4.42. The third kappa shape index (κ3) is 3.00. The molecule has 0 unspecified atom stereocenters. The third-order valence-electron chi connectivity index (χ3n) is 3.74. The van der Waals surface area contributed by atoms with Crippen LogP contribution in [0.3, 0.4) is 0 Å². The molecular formula is C16H23N3O. The Bertz CT molecular complexity index is 555. The van der Waals surface area contributed by atoms with Crippen molar-refractivity contribution in [3.63, 3.8) is 0 Å². The van der Waals surface area contributed by atoms with E-state index < -0.39 is 0 Å². The second-order valence-electron chi connectivity index (χ2n) is 5.67. The summed E-state index contributed by atoms with van der Waals surface area (Å²) in [4.78, 5) is 20.0. The Morgan fingerprint density at radius 3 is 2.60 bits per heavy atom. The van der Waals surface area contributed by atoms with Gasteiger partial charge in [-0.15, -0.1) is 0 Å². The standard InChI is InChI=1S/C16H23N3O/c1-5-11(4)14(19-16(20)10(2)3)15-17-12-8-6-7-9-13(12)18-15/h6-11,14H,5H2,1-4H3,(H,17,18)(H,19,20)/t11-,14-/m0/s1. The molecule has 0 bridgehead atoms. The number of benzene rings is 1. The summed E-state index contributed by atoms with van der Waals surface area (Å²) in [7, 11) is 0. The monoisotopic (exact) mass is 273 g/mol. The normalized spacial score (nSPS) is 14.4. The molecule has 2 atom stereocenters. The maximum absolute atomic E-state index is 12.0. The molecule has 1 heterocycles. The molecule has 4 heteroatoms. The highest BCUT2D eigenvalue weighted by Gasteiger charge is 2.24. The number of nitrogens with one attached hydrogen (secondary N) is 2. The molecule has 108 valence electrons. The summed E-state index contributed by atoms with van der Waals surface area (Å²) >= 11 is 0. The van der Waals surface area contributed by atoms with Crippen LogP contribution in [-0.4, -0.2) is 15.9 Å². The number of H-pyrrole nitrogens is 1. The lowest BCUT2D eigenvalue weighted by molar-refractivity contribution is -0.125. The molecule has 4 nitrogen and oxygen atoms in total. The molecule has 0 aliphatic heterocycles. The summed E-state index contributed by atoms with van der Waals surface area (Å²) in [6, 6.07) is 7.87. The first-order chi connectivity index (χ1) is 9.52. The maximum Gasteiger partial charge on any atom is 0.223 e. The largest absolute Gasteiger partial charge is 0.346 e. The predicted octanol–water partition coefficient (Wildman–Crippen LogP) is 3.42. The fourth-order valence-electron chi connectivity index (χ4n) is 2.16. The number of aromatic nitrogens is 2. The number of para-hydroxylation sites is 2. The smallest absolute Gasteiger partial charge is 0.223 e. The van der Waals surface area contributed by atoms with Gasteiger partial charge in [0.05, 0.1) is 17.1 Å². The lowest BCUT2D eigenvalue weighted by Crippen LogP contribution is -2.35. The van der Waals surface area contributed by atoms with Crippen LogP contribution in [0.15, 0.2) is 24.3 Å². The number of nitrogens with zero attached hydrogens (tertiary/aromatic N) is 1. The highest BCUT2D eigenvalue weighted by atomic mass is 16.1. The van der Waals surface area contributed by atoms with Crippen LogP contribution in [0, 0.1) is 11.8 Å². The van der Waals surface area contributed by atoms with E-state index in [2.05, 4.69) is 29.1 Å². The van der Waals surface area contributed by atoms with Gasteiger partial charge in [0.25, 0.3) is 0 Å². The number of hydrogen-bond acceptors (Lipinski definition) is 2. The number of imidazole rings is 1. The van der Waals surface area contributed by atoms with E-state index in [4.69, 9.17) is 0 Å². The van der Waals surface area contributed by atoms with E-state index in [1.807, 2.05) is 38.1 Å². The van der Waals surface area contributed by atoms with Crippen molar-refractivity contribution in [2.75, 3.05) is 0 Å². The molecule has 0 aliphatic carbocycles. The summed E-state index contributed by atoms with van der Waals surface area (Å²) in [5, 5.41) is 3.11. The SMILES string of the molecule is CC[C@H](C)[C@H](NC(=O)C(C)C)c1nc2ccccc2[nH]1. The number of amides is 1. The number of carbonyl (C=O) groups is 1. The van der Waals surface area contributed by atoms with Crippen molar-refractivity contribution in [3.8, 4) is 0 Å². The second-order valence-corrected chi connectivity index (χ2v) is 5.67. The van der Waals surface area contributed by atoms with Gasteiger partial charge in [-0.25, -0.2) is 4.98 Å². The molecule has 1 aromatic carbocycles. The molecule has 20 heavy (non-hydrogen) atoms. The van der Waals surface area contributed by atoms with Crippen LogP contribution in [0.5, 0.6) is 0 Å². The summed E-state index contributed by atoms with van der Waals surface area (Å²) in [5.74, 6) is 1.22. The Hall–Kier alpha value is -1.84.